The Hall–Kier alpha value is -2.37. The number of nitrogens with zero attached hydrogens (tertiary/aromatic N) is 3. The van der Waals surface area contributed by atoms with Crippen LogP contribution in [0.2, 0.25) is 0 Å². The fourth-order valence-electron chi connectivity index (χ4n) is 1.67. The monoisotopic (exact) mass is 246 g/mol. The molecule has 0 saturated heterocycles. The van der Waals surface area contributed by atoms with Crippen LogP contribution in [0.5, 0.6) is 0 Å². The Morgan fingerprint density at radius 2 is 2.11 bits per heavy atom. The smallest absolute Gasteiger partial charge is 0.330 e. The van der Waals surface area contributed by atoms with Crippen LogP contribution in [0, 0.1) is 0 Å². The zero-order valence-corrected chi connectivity index (χ0v) is 10.3. The van der Waals surface area contributed by atoms with E-state index in [9.17, 15) is 9.59 Å². The highest BCUT2D eigenvalue weighted by molar-refractivity contribution is 5.40. The molecule has 0 spiro atoms. The molecule has 0 fully saturated rings. The van der Waals surface area contributed by atoms with Gasteiger partial charge < -0.3 is 9.88 Å². The molecule has 1 N–H and O–H groups in total. The number of aryl methyl sites for hydroxylation is 1. The number of nitrogens with one attached hydrogen (secondary N) is 1. The molecular formula is C12H14N4O2. The third-order valence-corrected chi connectivity index (χ3v) is 2.66. The molecule has 2 heterocycles. The molecule has 0 bridgehead atoms. The van der Waals surface area contributed by atoms with Crippen LogP contribution in [-0.4, -0.2) is 14.1 Å². The summed E-state index contributed by atoms with van der Waals surface area (Å²) in [6.07, 6.45) is 4.90. The van der Waals surface area contributed by atoms with Crippen molar-refractivity contribution >= 4 is 5.69 Å². The molecule has 6 heteroatoms. The first-order valence-electron chi connectivity index (χ1n) is 5.49. The van der Waals surface area contributed by atoms with Crippen LogP contribution in [0.25, 0.3) is 0 Å². The van der Waals surface area contributed by atoms with Crippen molar-refractivity contribution in [3.8, 4) is 0 Å². The molecule has 0 unspecified atom stereocenters. The second-order valence-corrected chi connectivity index (χ2v) is 4.01. The lowest BCUT2D eigenvalue weighted by atomic mass is 10.3. The van der Waals surface area contributed by atoms with Crippen LogP contribution in [0.3, 0.4) is 0 Å². The lowest BCUT2D eigenvalue weighted by Gasteiger charge is -2.08. The van der Waals surface area contributed by atoms with Gasteiger partial charge in [0.2, 0.25) is 0 Å². The van der Waals surface area contributed by atoms with E-state index < -0.39 is 0 Å². The highest BCUT2D eigenvalue weighted by atomic mass is 16.2. The van der Waals surface area contributed by atoms with E-state index in [-0.39, 0.29) is 11.2 Å². The minimum absolute atomic E-state index is 0.283. The molecule has 0 aliphatic heterocycles. The maximum atomic E-state index is 11.9. The van der Waals surface area contributed by atoms with Gasteiger partial charge in [0.15, 0.2) is 0 Å². The fraction of sp³-hybridized carbons (Fsp3) is 0.250. The van der Waals surface area contributed by atoms with Gasteiger partial charge in [0, 0.05) is 39.2 Å². The summed E-state index contributed by atoms with van der Waals surface area (Å²) in [7, 11) is 3.09. The number of aromatic nitrogens is 3. The molecule has 94 valence electrons. The van der Waals surface area contributed by atoms with Gasteiger partial charge in [-0.3, -0.25) is 14.3 Å². The van der Waals surface area contributed by atoms with E-state index in [1.807, 2.05) is 6.07 Å². The zero-order valence-electron chi connectivity index (χ0n) is 10.3. The first-order chi connectivity index (χ1) is 8.59. The first kappa shape index (κ1) is 12.1. The lowest BCUT2D eigenvalue weighted by Crippen LogP contribution is -2.38. The minimum atomic E-state index is -0.329. The average molecular weight is 246 g/mol. The minimum Gasteiger partial charge on any atom is -0.379 e. The van der Waals surface area contributed by atoms with Crippen molar-refractivity contribution in [2.75, 3.05) is 5.32 Å². The van der Waals surface area contributed by atoms with Gasteiger partial charge in [-0.2, -0.15) is 0 Å². The van der Waals surface area contributed by atoms with Crippen molar-refractivity contribution in [1.29, 1.82) is 0 Å². The molecular weight excluding hydrogens is 232 g/mol. The predicted octanol–water partition coefficient (Wildman–Crippen LogP) is 0.0911. The van der Waals surface area contributed by atoms with E-state index in [0.29, 0.717) is 12.1 Å². The Labute approximate surface area is 104 Å². The molecule has 2 aromatic rings. The van der Waals surface area contributed by atoms with Crippen molar-refractivity contribution in [1.82, 2.24) is 14.1 Å². The second-order valence-electron chi connectivity index (χ2n) is 4.01. The standard InChI is InChI=1S/C12H14N4O2/c1-15-8-9(11(17)16(2)12(15)18)6-14-10-4-3-5-13-7-10/h3-5,7-8,14H,6H2,1-2H3. The number of hydrogen-bond acceptors (Lipinski definition) is 4. The summed E-state index contributed by atoms with van der Waals surface area (Å²) in [4.78, 5) is 27.3. The van der Waals surface area contributed by atoms with Crippen LogP contribution < -0.4 is 16.6 Å². The van der Waals surface area contributed by atoms with Gasteiger partial charge in [0.25, 0.3) is 5.56 Å². The Balaban J connectivity index is 2.26. The maximum Gasteiger partial charge on any atom is 0.330 e. The molecule has 0 amide bonds. The summed E-state index contributed by atoms with van der Waals surface area (Å²) in [5.41, 5.74) is 0.747. The van der Waals surface area contributed by atoms with E-state index in [1.165, 1.54) is 11.6 Å². The summed E-state index contributed by atoms with van der Waals surface area (Å²) >= 11 is 0. The Morgan fingerprint density at radius 3 is 2.78 bits per heavy atom. The van der Waals surface area contributed by atoms with Gasteiger partial charge >= 0.3 is 5.69 Å². The number of pyridine rings is 1. The topological polar surface area (TPSA) is 68.9 Å². The molecule has 6 nitrogen and oxygen atoms in total. The number of anilines is 1. The van der Waals surface area contributed by atoms with Crippen LogP contribution >= 0.6 is 0 Å². The highest BCUT2D eigenvalue weighted by Gasteiger charge is 2.06. The summed E-state index contributed by atoms with van der Waals surface area (Å²) in [6, 6.07) is 3.67. The first-order valence-corrected chi connectivity index (χ1v) is 5.49. The van der Waals surface area contributed by atoms with E-state index >= 15 is 0 Å². The van der Waals surface area contributed by atoms with Gasteiger partial charge in [0.1, 0.15) is 0 Å². The number of hydrogen-bond donors (Lipinski definition) is 1. The van der Waals surface area contributed by atoms with E-state index in [4.69, 9.17) is 0 Å². The Kier molecular flexibility index (Phi) is 3.27. The SMILES string of the molecule is Cn1cc(CNc2cccnc2)c(=O)n(C)c1=O. The summed E-state index contributed by atoms with van der Waals surface area (Å²) < 4.78 is 2.49. The third kappa shape index (κ3) is 2.32. The van der Waals surface area contributed by atoms with Crippen LogP contribution in [-0.2, 0) is 20.6 Å². The van der Waals surface area contributed by atoms with Crippen molar-refractivity contribution in [3.63, 3.8) is 0 Å². The fourth-order valence-corrected chi connectivity index (χ4v) is 1.67. The molecule has 2 aromatic heterocycles. The van der Waals surface area contributed by atoms with Gasteiger partial charge in [-0.05, 0) is 12.1 Å². The number of rotatable bonds is 3. The Bertz CT molecular complexity index is 658. The van der Waals surface area contributed by atoms with Crippen LogP contribution in [0.15, 0.2) is 40.3 Å². The van der Waals surface area contributed by atoms with Crippen molar-refractivity contribution in [2.45, 2.75) is 6.54 Å². The normalized spacial score (nSPS) is 10.3. The molecule has 0 atom stereocenters. The molecule has 0 radical (unpaired) electrons. The van der Waals surface area contributed by atoms with Gasteiger partial charge in [-0.25, -0.2) is 4.79 Å². The lowest BCUT2D eigenvalue weighted by molar-refractivity contribution is 0.671. The molecule has 18 heavy (non-hydrogen) atoms. The molecule has 0 aromatic carbocycles. The van der Waals surface area contributed by atoms with E-state index in [2.05, 4.69) is 10.3 Å². The highest BCUT2D eigenvalue weighted by Crippen LogP contribution is 2.03. The van der Waals surface area contributed by atoms with Gasteiger partial charge in [-0.15, -0.1) is 0 Å². The van der Waals surface area contributed by atoms with Crippen LogP contribution in [0.1, 0.15) is 5.56 Å². The largest absolute Gasteiger partial charge is 0.379 e. The van der Waals surface area contributed by atoms with Gasteiger partial charge in [-0.1, -0.05) is 0 Å². The van der Waals surface area contributed by atoms with Crippen molar-refractivity contribution < 1.29 is 0 Å². The molecule has 0 aliphatic rings. The average Bonchev–Trinajstić information content (AvgIpc) is 2.40. The Morgan fingerprint density at radius 1 is 1.33 bits per heavy atom. The maximum absolute atomic E-state index is 11.9. The zero-order chi connectivity index (χ0) is 13.1. The van der Waals surface area contributed by atoms with Crippen molar-refractivity contribution in [2.24, 2.45) is 14.1 Å². The predicted molar refractivity (Wildman–Crippen MR) is 68.5 cm³/mol. The molecule has 2 rings (SSSR count). The summed E-state index contributed by atoms with van der Waals surface area (Å²) in [5, 5.41) is 3.08. The van der Waals surface area contributed by atoms with E-state index in [0.717, 1.165) is 10.3 Å². The second kappa shape index (κ2) is 4.87. The summed E-state index contributed by atoms with van der Waals surface area (Å²) in [5.74, 6) is 0. The van der Waals surface area contributed by atoms with E-state index in [1.54, 1.807) is 31.7 Å². The van der Waals surface area contributed by atoms with Gasteiger partial charge in [0.05, 0.1) is 11.3 Å². The van der Waals surface area contributed by atoms with Crippen LogP contribution in [0.4, 0.5) is 5.69 Å². The third-order valence-electron chi connectivity index (χ3n) is 2.66. The van der Waals surface area contributed by atoms with Crippen molar-refractivity contribution in [3.05, 3.63) is 57.1 Å². The molecule has 0 saturated carbocycles. The quantitative estimate of drug-likeness (QED) is 0.833. The molecule has 0 aliphatic carbocycles. The summed E-state index contributed by atoms with van der Waals surface area (Å²) in [6.45, 7) is 0.354.